The Morgan fingerprint density at radius 2 is 2.00 bits per heavy atom. The summed E-state index contributed by atoms with van der Waals surface area (Å²) in [6, 6.07) is 7.11. The fourth-order valence-electron chi connectivity index (χ4n) is 3.54. The number of hydrogen-bond acceptors (Lipinski definition) is 3. The van der Waals surface area contributed by atoms with Crippen LogP contribution in [-0.4, -0.2) is 5.91 Å². The molecule has 0 unspecified atom stereocenters. The molecule has 1 heterocycles. The highest BCUT2D eigenvalue weighted by atomic mass is 79.9. The van der Waals surface area contributed by atoms with Gasteiger partial charge < -0.3 is 9.73 Å². The lowest BCUT2D eigenvalue weighted by atomic mass is 9.80. The highest BCUT2D eigenvalue weighted by Crippen LogP contribution is 2.32. The average molecular weight is 392 g/mol. The molecule has 1 aromatic heterocycles. The van der Waals surface area contributed by atoms with Crippen LogP contribution in [0.2, 0.25) is 0 Å². The van der Waals surface area contributed by atoms with Crippen LogP contribution in [0.1, 0.15) is 45.4 Å². The van der Waals surface area contributed by atoms with Crippen molar-refractivity contribution < 1.29 is 9.21 Å². The number of halogens is 1. The van der Waals surface area contributed by atoms with E-state index >= 15 is 0 Å². The van der Waals surface area contributed by atoms with E-state index in [1.165, 1.54) is 12.8 Å². The number of hydrogen-bond donors (Lipinski definition) is 1. The van der Waals surface area contributed by atoms with Crippen molar-refractivity contribution in [3.63, 3.8) is 0 Å². The zero-order valence-corrected chi connectivity index (χ0v) is 15.4. The van der Waals surface area contributed by atoms with Crippen LogP contribution in [0.5, 0.6) is 0 Å². The van der Waals surface area contributed by atoms with Gasteiger partial charge in [-0.2, -0.15) is 0 Å². The van der Waals surface area contributed by atoms with Crippen LogP contribution in [0, 0.1) is 11.8 Å². The van der Waals surface area contributed by atoms with E-state index in [4.69, 9.17) is 4.42 Å². The summed E-state index contributed by atoms with van der Waals surface area (Å²) in [7, 11) is 0. The van der Waals surface area contributed by atoms with Gasteiger partial charge in [0.1, 0.15) is 11.3 Å². The van der Waals surface area contributed by atoms with Crippen molar-refractivity contribution in [2.45, 2.75) is 45.4 Å². The van der Waals surface area contributed by atoms with Crippen LogP contribution in [0.3, 0.4) is 0 Å². The first-order chi connectivity index (χ1) is 11.6. The van der Waals surface area contributed by atoms with Gasteiger partial charge in [0.2, 0.25) is 5.91 Å². The third-order valence-corrected chi connectivity index (χ3v) is 5.36. The maximum Gasteiger partial charge on any atom is 0.360 e. The molecule has 1 amide bonds. The Morgan fingerprint density at radius 3 is 2.71 bits per heavy atom. The zero-order valence-electron chi connectivity index (χ0n) is 13.8. The fourth-order valence-corrected chi connectivity index (χ4v) is 3.92. The van der Waals surface area contributed by atoms with Crippen LogP contribution < -0.4 is 10.9 Å². The third-order valence-electron chi connectivity index (χ3n) is 4.87. The molecule has 1 aromatic carbocycles. The van der Waals surface area contributed by atoms with E-state index in [-0.39, 0.29) is 17.5 Å². The highest BCUT2D eigenvalue weighted by Gasteiger charge is 2.26. The molecule has 0 aliphatic heterocycles. The second kappa shape index (κ2) is 7.51. The first-order valence-corrected chi connectivity index (χ1v) is 9.40. The zero-order chi connectivity index (χ0) is 17.1. The molecular weight excluding hydrogens is 370 g/mol. The largest absolute Gasteiger partial charge is 0.421 e. The minimum atomic E-state index is -0.502. The number of nitrogens with one attached hydrogen (secondary N) is 1. The molecule has 0 spiro atoms. The average Bonchev–Trinajstić information content (AvgIpc) is 2.57. The Hall–Kier alpha value is -1.62. The molecule has 1 saturated carbocycles. The van der Waals surface area contributed by atoms with Crippen molar-refractivity contribution in [3.8, 4) is 0 Å². The molecule has 24 heavy (non-hydrogen) atoms. The first-order valence-electron chi connectivity index (χ1n) is 8.61. The van der Waals surface area contributed by atoms with E-state index in [9.17, 15) is 9.59 Å². The van der Waals surface area contributed by atoms with Gasteiger partial charge in [-0.05, 0) is 55.9 Å². The van der Waals surface area contributed by atoms with Gasteiger partial charge in [-0.3, -0.25) is 4.79 Å². The minimum Gasteiger partial charge on any atom is -0.421 e. The van der Waals surface area contributed by atoms with E-state index in [1.54, 1.807) is 12.1 Å². The SMILES string of the molecule is CCCC1CCC(C(=O)Nc2cc3cc(Br)ccc3oc2=O)CC1. The van der Waals surface area contributed by atoms with Crippen LogP contribution in [0.15, 0.2) is 37.9 Å². The smallest absolute Gasteiger partial charge is 0.360 e. The molecule has 0 atom stereocenters. The Bertz CT molecular complexity index is 791. The van der Waals surface area contributed by atoms with E-state index in [0.29, 0.717) is 5.58 Å². The molecule has 0 saturated heterocycles. The van der Waals surface area contributed by atoms with Crippen molar-refractivity contribution >= 4 is 38.5 Å². The van der Waals surface area contributed by atoms with Gasteiger partial charge in [-0.15, -0.1) is 0 Å². The monoisotopic (exact) mass is 391 g/mol. The summed E-state index contributed by atoms with van der Waals surface area (Å²) in [6.45, 7) is 2.20. The molecule has 5 heteroatoms. The molecule has 1 aliphatic rings. The molecule has 0 bridgehead atoms. The number of anilines is 1. The standard InChI is InChI=1S/C19H22BrNO3/c1-2-3-12-4-6-13(7-5-12)18(22)21-16-11-14-10-15(20)8-9-17(14)24-19(16)23/h8-13H,2-7H2,1H3,(H,21,22). The Labute approximate surface area is 149 Å². The molecule has 3 rings (SSSR count). The quantitative estimate of drug-likeness (QED) is 0.737. The van der Waals surface area contributed by atoms with Gasteiger partial charge in [0.25, 0.3) is 0 Å². The number of amides is 1. The van der Waals surface area contributed by atoms with Crippen molar-refractivity contribution in [3.05, 3.63) is 39.2 Å². The summed E-state index contributed by atoms with van der Waals surface area (Å²) in [4.78, 5) is 24.6. The summed E-state index contributed by atoms with van der Waals surface area (Å²) in [5.41, 5.74) is 0.236. The second-order valence-corrected chi connectivity index (χ2v) is 7.54. The van der Waals surface area contributed by atoms with Crippen LogP contribution in [0.4, 0.5) is 5.69 Å². The molecular formula is C19H22BrNO3. The summed E-state index contributed by atoms with van der Waals surface area (Å²) in [5.74, 6) is 0.685. The Kier molecular flexibility index (Phi) is 5.39. The molecule has 128 valence electrons. The van der Waals surface area contributed by atoms with Gasteiger partial charge >= 0.3 is 5.63 Å². The fraction of sp³-hybridized carbons (Fsp3) is 0.474. The van der Waals surface area contributed by atoms with Gasteiger partial charge in [-0.1, -0.05) is 35.7 Å². The van der Waals surface area contributed by atoms with E-state index in [1.807, 2.05) is 12.1 Å². The summed E-state index contributed by atoms with van der Waals surface area (Å²) < 4.78 is 6.19. The summed E-state index contributed by atoms with van der Waals surface area (Å²) >= 11 is 3.40. The van der Waals surface area contributed by atoms with Crippen molar-refractivity contribution in [2.24, 2.45) is 11.8 Å². The molecule has 1 N–H and O–H groups in total. The van der Waals surface area contributed by atoms with Crippen molar-refractivity contribution in [1.29, 1.82) is 0 Å². The lowest BCUT2D eigenvalue weighted by Gasteiger charge is -2.27. The lowest BCUT2D eigenvalue weighted by Crippen LogP contribution is -2.29. The Morgan fingerprint density at radius 1 is 1.25 bits per heavy atom. The topological polar surface area (TPSA) is 59.3 Å². The van der Waals surface area contributed by atoms with E-state index in [2.05, 4.69) is 28.2 Å². The van der Waals surface area contributed by atoms with Gasteiger partial charge in [0.15, 0.2) is 0 Å². The number of carbonyl (C=O) groups is 1. The van der Waals surface area contributed by atoms with Crippen molar-refractivity contribution in [2.75, 3.05) is 5.32 Å². The van der Waals surface area contributed by atoms with Crippen LogP contribution in [0.25, 0.3) is 11.0 Å². The molecule has 0 radical (unpaired) electrons. The maximum atomic E-state index is 12.5. The predicted molar refractivity (Wildman–Crippen MR) is 99.2 cm³/mol. The number of carbonyl (C=O) groups excluding carboxylic acids is 1. The third kappa shape index (κ3) is 3.89. The van der Waals surface area contributed by atoms with Gasteiger partial charge in [0, 0.05) is 15.8 Å². The molecule has 4 nitrogen and oxygen atoms in total. The number of fused-ring (bicyclic) bond motifs is 1. The minimum absolute atomic E-state index is 0.00397. The molecule has 1 fully saturated rings. The van der Waals surface area contributed by atoms with Gasteiger partial charge in [-0.25, -0.2) is 4.79 Å². The lowest BCUT2D eigenvalue weighted by molar-refractivity contribution is -0.121. The highest BCUT2D eigenvalue weighted by molar-refractivity contribution is 9.10. The summed E-state index contributed by atoms with van der Waals surface area (Å²) in [5, 5.41) is 3.56. The maximum absolute atomic E-state index is 12.5. The van der Waals surface area contributed by atoms with Crippen molar-refractivity contribution in [1.82, 2.24) is 0 Å². The molecule has 2 aromatic rings. The first kappa shape index (κ1) is 17.2. The normalized spacial score (nSPS) is 20.9. The van der Waals surface area contributed by atoms with Gasteiger partial charge in [0.05, 0.1) is 0 Å². The van der Waals surface area contributed by atoms with E-state index in [0.717, 1.165) is 41.5 Å². The Balaban J connectivity index is 1.71. The summed E-state index contributed by atoms with van der Waals surface area (Å²) in [6.07, 6.45) is 6.46. The van der Waals surface area contributed by atoms with Crippen LogP contribution in [-0.2, 0) is 4.79 Å². The van der Waals surface area contributed by atoms with Crippen LogP contribution >= 0.6 is 15.9 Å². The van der Waals surface area contributed by atoms with E-state index < -0.39 is 5.63 Å². The number of rotatable bonds is 4. The number of benzene rings is 1. The predicted octanol–water partition coefficient (Wildman–Crippen LogP) is 5.10. The molecule has 1 aliphatic carbocycles. The second-order valence-electron chi connectivity index (χ2n) is 6.63.